The average molecular weight is 185 g/mol. The van der Waals surface area contributed by atoms with Crippen LogP contribution < -0.4 is 0 Å². The minimum Gasteiger partial charge on any atom is -0.469 e. The van der Waals surface area contributed by atoms with Gasteiger partial charge >= 0.3 is 5.97 Å². The molecule has 3 heteroatoms. The number of rotatable bonds is 4. The minimum atomic E-state index is -0.0775. The van der Waals surface area contributed by atoms with E-state index in [0.29, 0.717) is 6.42 Å². The van der Waals surface area contributed by atoms with Crippen LogP contribution in [0.15, 0.2) is 0 Å². The third-order valence-corrected chi connectivity index (χ3v) is 2.71. The molecule has 0 aromatic heterocycles. The van der Waals surface area contributed by atoms with Crippen LogP contribution >= 0.6 is 0 Å². The van der Waals surface area contributed by atoms with Crippen molar-refractivity contribution in [3.8, 4) is 0 Å². The molecule has 1 atom stereocenters. The lowest BCUT2D eigenvalue weighted by Crippen LogP contribution is -2.14. The summed E-state index contributed by atoms with van der Waals surface area (Å²) in [7, 11) is 3.60. The lowest BCUT2D eigenvalue weighted by molar-refractivity contribution is -0.140. The maximum Gasteiger partial charge on any atom is 0.305 e. The van der Waals surface area contributed by atoms with Gasteiger partial charge in [-0.2, -0.15) is 0 Å². The van der Waals surface area contributed by atoms with Crippen molar-refractivity contribution in [3.05, 3.63) is 0 Å². The highest BCUT2D eigenvalue weighted by Crippen LogP contribution is 2.20. The Bertz CT molecular complexity index is 170. The Balaban J connectivity index is 2.03. The predicted octanol–water partition coefficient (Wildman–Crippen LogP) is 1.28. The van der Waals surface area contributed by atoms with E-state index in [9.17, 15) is 4.79 Å². The second-order valence-electron chi connectivity index (χ2n) is 3.89. The van der Waals surface area contributed by atoms with Gasteiger partial charge in [0.15, 0.2) is 0 Å². The smallest absolute Gasteiger partial charge is 0.305 e. The molecule has 0 amide bonds. The van der Waals surface area contributed by atoms with E-state index in [0.717, 1.165) is 12.3 Å². The molecule has 1 unspecified atom stereocenters. The molecule has 1 fully saturated rings. The molecule has 1 saturated heterocycles. The molecule has 0 N–H and O–H groups in total. The second-order valence-corrected chi connectivity index (χ2v) is 3.89. The maximum absolute atomic E-state index is 10.8. The Morgan fingerprint density at radius 1 is 1.62 bits per heavy atom. The highest BCUT2D eigenvalue weighted by molar-refractivity contribution is 5.68. The number of ether oxygens (including phenoxy) is 1. The zero-order valence-electron chi connectivity index (χ0n) is 8.58. The average Bonchev–Trinajstić information content (AvgIpc) is 2.51. The van der Waals surface area contributed by atoms with Gasteiger partial charge in [-0.15, -0.1) is 0 Å². The first kappa shape index (κ1) is 10.5. The van der Waals surface area contributed by atoms with Crippen LogP contribution in [0.2, 0.25) is 0 Å². The lowest BCUT2D eigenvalue weighted by Gasteiger charge is -2.09. The zero-order valence-corrected chi connectivity index (χ0v) is 8.58. The van der Waals surface area contributed by atoms with Gasteiger partial charge in [0, 0.05) is 13.0 Å². The summed E-state index contributed by atoms with van der Waals surface area (Å²) in [5, 5.41) is 0. The summed E-state index contributed by atoms with van der Waals surface area (Å²) in [6.45, 7) is 2.41. The zero-order chi connectivity index (χ0) is 9.68. The molecule has 1 heterocycles. The first-order valence-corrected chi connectivity index (χ1v) is 4.97. The molecule has 0 radical (unpaired) electrons. The normalized spacial score (nSPS) is 23.4. The van der Waals surface area contributed by atoms with Crippen LogP contribution in [0.5, 0.6) is 0 Å². The molecule has 0 aliphatic carbocycles. The molecule has 0 bridgehead atoms. The Morgan fingerprint density at radius 2 is 2.38 bits per heavy atom. The van der Waals surface area contributed by atoms with E-state index in [1.54, 1.807) is 0 Å². The van der Waals surface area contributed by atoms with Crippen molar-refractivity contribution in [2.75, 3.05) is 27.2 Å². The van der Waals surface area contributed by atoms with E-state index in [1.165, 1.54) is 33.0 Å². The number of likely N-dealkylation sites (tertiary alicyclic amines) is 1. The number of carbonyl (C=O) groups excluding carboxylic acids is 1. The Labute approximate surface area is 80.1 Å². The fourth-order valence-electron chi connectivity index (χ4n) is 1.90. The van der Waals surface area contributed by atoms with Gasteiger partial charge in [-0.1, -0.05) is 0 Å². The Morgan fingerprint density at radius 3 is 2.92 bits per heavy atom. The van der Waals surface area contributed by atoms with Crippen LogP contribution in [0.25, 0.3) is 0 Å². The summed E-state index contributed by atoms with van der Waals surface area (Å²) >= 11 is 0. The summed E-state index contributed by atoms with van der Waals surface area (Å²) in [5.41, 5.74) is 0. The topological polar surface area (TPSA) is 29.5 Å². The number of nitrogens with zero attached hydrogens (tertiary/aromatic N) is 1. The highest BCUT2D eigenvalue weighted by atomic mass is 16.5. The number of esters is 1. The van der Waals surface area contributed by atoms with Crippen molar-refractivity contribution in [1.82, 2.24) is 4.90 Å². The molecule has 0 aromatic rings. The molecular formula is C10H19NO2. The van der Waals surface area contributed by atoms with Crippen molar-refractivity contribution in [1.29, 1.82) is 0 Å². The molecule has 76 valence electrons. The maximum atomic E-state index is 10.8. The largest absolute Gasteiger partial charge is 0.469 e. The quantitative estimate of drug-likeness (QED) is 0.618. The predicted molar refractivity (Wildman–Crippen MR) is 51.5 cm³/mol. The summed E-state index contributed by atoms with van der Waals surface area (Å²) in [6, 6.07) is 0. The van der Waals surface area contributed by atoms with Crippen LogP contribution in [0, 0.1) is 5.92 Å². The van der Waals surface area contributed by atoms with Gasteiger partial charge in [0.1, 0.15) is 0 Å². The summed E-state index contributed by atoms with van der Waals surface area (Å²) in [5.74, 6) is 0.723. The van der Waals surface area contributed by atoms with E-state index in [2.05, 4.69) is 16.7 Å². The van der Waals surface area contributed by atoms with Gasteiger partial charge < -0.3 is 9.64 Å². The van der Waals surface area contributed by atoms with Crippen LogP contribution in [-0.4, -0.2) is 38.1 Å². The number of carbonyl (C=O) groups is 1. The highest BCUT2D eigenvalue weighted by Gasteiger charge is 2.18. The molecule has 13 heavy (non-hydrogen) atoms. The van der Waals surface area contributed by atoms with Gasteiger partial charge in [0.05, 0.1) is 7.11 Å². The third-order valence-electron chi connectivity index (χ3n) is 2.71. The summed E-state index contributed by atoms with van der Waals surface area (Å²) < 4.78 is 4.59. The van der Waals surface area contributed by atoms with Gasteiger partial charge in [0.2, 0.25) is 0 Å². The molecule has 1 aliphatic heterocycles. The van der Waals surface area contributed by atoms with E-state index >= 15 is 0 Å². The number of hydrogen-bond donors (Lipinski definition) is 0. The van der Waals surface area contributed by atoms with Crippen molar-refractivity contribution >= 4 is 5.97 Å². The van der Waals surface area contributed by atoms with Gasteiger partial charge in [-0.05, 0) is 38.8 Å². The van der Waals surface area contributed by atoms with Crippen molar-refractivity contribution in [3.63, 3.8) is 0 Å². The van der Waals surface area contributed by atoms with Gasteiger partial charge in [-0.25, -0.2) is 0 Å². The summed E-state index contributed by atoms with van der Waals surface area (Å²) in [4.78, 5) is 13.2. The fourth-order valence-corrected chi connectivity index (χ4v) is 1.90. The van der Waals surface area contributed by atoms with Gasteiger partial charge in [-0.3, -0.25) is 4.79 Å². The molecule has 3 nitrogen and oxygen atoms in total. The van der Waals surface area contributed by atoms with Crippen molar-refractivity contribution in [2.45, 2.75) is 25.7 Å². The van der Waals surface area contributed by atoms with Crippen LogP contribution in [0.4, 0.5) is 0 Å². The van der Waals surface area contributed by atoms with E-state index in [1.807, 2.05) is 0 Å². The monoisotopic (exact) mass is 185 g/mol. The van der Waals surface area contributed by atoms with Crippen LogP contribution in [-0.2, 0) is 9.53 Å². The van der Waals surface area contributed by atoms with Crippen molar-refractivity contribution < 1.29 is 9.53 Å². The fraction of sp³-hybridized carbons (Fsp3) is 0.900. The second kappa shape index (κ2) is 5.22. The summed E-state index contributed by atoms with van der Waals surface area (Å²) in [6.07, 6.45) is 4.01. The Kier molecular flexibility index (Phi) is 4.22. The molecule has 0 spiro atoms. The molecular weight excluding hydrogens is 166 g/mol. The molecule has 0 aromatic carbocycles. The van der Waals surface area contributed by atoms with E-state index in [-0.39, 0.29) is 5.97 Å². The van der Waals surface area contributed by atoms with Crippen LogP contribution in [0.3, 0.4) is 0 Å². The minimum absolute atomic E-state index is 0.0775. The number of methoxy groups -OCH3 is 1. The standard InChI is InChI=1S/C10H19NO2/c1-11-7-6-9(8-11)4-3-5-10(12)13-2/h9H,3-8H2,1-2H3. The van der Waals surface area contributed by atoms with E-state index < -0.39 is 0 Å². The third kappa shape index (κ3) is 3.77. The SMILES string of the molecule is COC(=O)CCCC1CCN(C)C1. The first-order chi connectivity index (χ1) is 6.22. The van der Waals surface area contributed by atoms with Gasteiger partial charge in [0.25, 0.3) is 0 Å². The van der Waals surface area contributed by atoms with Crippen molar-refractivity contribution in [2.24, 2.45) is 5.92 Å². The first-order valence-electron chi connectivity index (χ1n) is 4.97. The van der Waals surface area contributed by atoms with E-state index in [4.69, 9.17) is 0 Å². The molecule has 1 aliphatic rings. The lowest BCUT2D eigenvalue weighted by atomic mass is 10.0. The van der Waals surface area contributed by atoms with Crippen LogP contribution in [0.1, 0.15) is 25.7 Å². The molecule has 1 rings (SSSR count). The Hall–Kier alpha value is -0.570. The molecule has 0 saturated carbocycles. The number of hydrogen-bond acceptors (Lipinski definition) is 3.